The average molecular weight is 416 g/mol. The van der Waals surface area contributed by atoms with Gasteiger partial charge in [0.25, 0.3) is 5.91 Å². The molecule has 29 heavy (non-hydrogen) atoms. The van der Waals surface area contributed by atoms with Crippen molar-refractivity contribution in [2.45, 2.75) is 17.7 Å². The first-order valence-corrected chi connectivity index (χ1v) is 11.3. The molecule has 0 saturated carbocycles. The molecule has 0 aliphatic carbocycles. The Labute approximate surface area is 171 Å². The number of nitrogens with zero attached hydrogens (tertiary/aromatic N) is 3. The molecule has 0 unspecified atom stereocenters. The molecule has 2 saturated heterocycles. The second-order valence-corrected chi connectivity index (χ2v) is 9.37. The number of phenolic OH excluding ortho intramolecular Hbond substituents is 1. The highest BCUT2D eigenvalue weighted by atomic mass is 32.2. The Hall–Kier alpha value is -2.58. The van der Waals surface area contributed by atoms with Crippen LogP contribution in [0.4, 0.5) is 5.69 Å². The van der Waals surface area contributed by atoms with Gasteiger partial charge in [0, 0.05) is 50.5 Å². The van der Waals surface area contributed by atoms with Gasteiger partial charge < -0.3 is 14.9 Å². The second kappa shape index (κ2) is 8.04. The van der Waals surface area contributed by atoms with Gasteiger partial charge >= 0.3 is 0 Å². The molecule has 154 valence electrons. The summed E-state index contributed by atoms with van der Waals surface area (Å²) in [6.07, 6.45) is 1.76. The summed E-state index contributed by atoms with van der Waals surface area (Å²) in [5.74, 6) is 0.0835. The second-order valence-electron chi connectivity index (χ2n) is 7.43. The monoisotopic (exact) mass is 415 g/mol. The minimum Gasteiger partial charge on any atom is -0.508 e. The van der Waals surface area contributed by atoms with Crippen LogP contribution in [0.5, 0.6) is 5.75 Å². The lowest BCUT2D eigenvalue weighted by molar-refractivity contribution is 0.0746. The average Bonchev–Trinajstić information content (AvgIpc) is 3.30. The molecule has 1 N–H and O–H groups in total. The fourth-order valence-corrected chi connectivity index (χ4v) is 5.44. The van der Waals surface area contributed by atoms with Crippen molar-refractivity contribution >= 4 is 21.6 Å². The van der Waals surface area contributed by atoms with Crippen molar-refractivity contribution in [1.29, 1.82) is 0 Å². The van der Waals surface area contributed by atoms with Crippen LogP contribution in [-0.2, 0) is 10.0 Å². The molecular weight excluding hydrogens is 390 g/mol. The van der Waals surface area contributed by atoms with Crippen LogP contribution in [-0.4, -0.2) is 67.9 Å². The molecule has 7 nitrogen and oxygen atoms in total. The van der Waals surface area contributed by atoms with Crippen molar-refractivity contribution in [3.8, 4) is 5.75 Å². The van der Waals surface area contributed by atoms with E-state index in [0.29, 0.717) is 44.8 Å². The Morgan fingerprint density at radius 3 is 2.17 bits per heavy atom. The number of anilines is 1. The fraction of sp³-hybridized carbons (Fsp3) is 0.381. The van der Waals surface area contributed by atoms with Crippen LogP contribution in [0, 0.1) is 0 Å². The van der Waals surface area contributed by atoms with Crippen LogP contribution in [0.15, 0.2) is 53.4 Å². The van der Waals surface area contributed by atoms with E-state index in [9.17, 15) is 18.3 Å². The summed E-state index contributed by atoms with van der Waals surface area (Å²) in [6.45, 7) is 3.57. The van der Waals surface area contributed by atoms with Gasteiger partial charge in [0.2, 0.25) is 10.0 Å². The molecule has 0 spiro atoms. The Morgan fingerprint density at radius 2 is 1.52 bits per heavy atom. The third kappa shape index (κ3) is 4.09. The summed E-state index contributed by atoms with van der Waals surface area (Å²) in [5, 5.41) is 9.43. The molecule has 2 aliphatic rings. The summed E-state index contributed by atoms with van der Waals surface area (Å²) in [7, 11) is -3.54. The first-order valence-electron chi connectivity index (χ1n) is 9.89. The third-order valence-corrected chi connectivity index (χ3v) is 7.46. The highest BCUT2D eigenvalue weighted by Gasteiger charge is 2.28. The zero-order chi connectivity index (χ0) is 20.4. The van der Waals surface area contributed by atoms with Gasteiger partial charge in [0.05, 0.1) is 4.90 Å². The van der Waals surface area contributed by atoms with Crippen molar-refractivity contribution < 1.29 is 18.3 Å². The van der Waals surface area contributed by atoms with Gasteiger partial charge in [0.15, 0.2) is 0 Å². The molecule has 2 aromatic carbocycles. The molecule has 2 heterocycles. The van der Waals surface area contributed by atoms with E-state index in [1.54, 1.807) is 35.2 Å². The third-order valence-electron chi connectivity index (χ3n) is 5.57. The zero-order valence-electron chi connectivity index (χ0n) is 16.2. The maximum absolute atomic E-state index is 13.0. The quantitative estimate of drug-likeness (QED) is 0.828. The van der Waals surface area contributed by atoms with E-state index in [1.807, 2.05) is 12.1 Å². The van der Waals surface area contributed by atoms with Crippen molar-refractivity contribution in [3.05, 3.63) is 54.1 Å². The van der Waals surface area contributed by atoms with Gasteiger partial charge in [-0.25, -0.2) is 8.42 Å². The number of aromatic hydroxyl groups is 1. The number of phenols is 1. The van der Waals surface area contributed by atoms with Crippen LogP contribution in [0.3, 0.4) is 0 Å². The standard InChI is InChI=1S/C21H25N3O4S/c25-19-8-6-18(7-9-19)22-12-14-23(15-13-22)21(26)17-4-3-5-20(16-17)29(27,28)24-10-1-2-11-24/h3-9,16,25H,1-2,10-15H2. The highest BCUT2D eigenvalue weighted by Crippen LogP contribution is 2.23. The topological polar surface area (TPSA) is 81.2 Å². The van der Waals surface area contributed by atoms with Crippen molar-refractivity contribution in [1.82, 2.24) is 9.21 Å². The number of piperazine rings is 1. The fourth-order valence-electron chi connectivity index (χ4n) is 3.88. The molecule has 2 fully saturated rings. The number of rotatable bonds is 4. The van der Waals surface area contributed by atoms with Crippen LogP contribution in [0.1, 0.15) is 23.2 Å². The minimum atomic E-state index is -3.54. The van der Waals surface area contributed by atoms with Crippen molar-refractivity contribution in [3.63, 3.8) is 0 Å². The molecule has 2 aromatic rings. The molecule has 4 rings (SSSR count). The predicted molar refractivity (Wildman–Crippen MR) is 111 cm³/mol. The van der Waals surface area contributed by atoms with Crippen LogP contribution in [0.25, 0.3) is 0 Å². The van der Waals surface area contributed by atoms with Gasteiger partial charge in [0.1, 0.15) is 5.75 Å². The normalized spacial score (nSPS) is 18.2. The van der Waals surface area contributed by atoms with Gasteiger partial charge in [-0.3, -0.25) is 4.79 Å². The first-order chi connectivity index (χ1) is 13.9. The van der Waals surface area contributed by atoms with Crippen LogP contribution < -0.4 is 4.90 Å². The van der Waals surface area contributed by atoms with E-state index >= 15 is 0 Å². The Balaban J connectivity index is 1.44. The number of benzene rings is 2. The molecule has 0 bridgehead atoms. The number of sulfonamides is 1. The number of hydrogen-bond acceptors (Lipinski definition) is 5. The van der Waals surface area contributed by atoms with Crippen molar-refractivity contribution in [2.24, 2.45) is 0 Å². The Kier molecular flexibility index (Phi) is 5.47. The van der Waals surface area contributed by atoms with E-state index in [-0.39, 0.29) is 16.6 Å². The molecule has 0 aromatic heterocycles. The number of amides is 1. The summed E-state index contributed by atoms with van der Waals surface area (Å²) >= 11 is 0. The zero-order valence-corrected chi connectivity index (χ0v) is 17.0. The molecule has 1 amide bonds. The maximum atomic E-state index is 13.0. The van der Waals surface area contributed by atoms with Crippen LogP contribution >= 0.6 is 0 Å². The Morgan fingerprint density at radius 1 is 0.862 bits per heavy atom. The smallest absolute Gasteiger partial charge is 0.254 e. The number of carbonyl (C=O) groups excluding carboxylic acids is 1. The predicted octanol–water partition coefficient (Wildman–Crippen LogP) is 2.14. The molecule has 2 aliphatic heterocycles. The minimum absolute atomic E-state index is 0.145. The SMILES string of the molecule is O=C(c1cccc(S(=O)(=O)N2CCCC2)c1)N1CCN(c2ccc(O)cc2)CC1. The van der Waals surface area contributed by atoms with E-state index in [2.05, 4.69) is 4.90 Å². The summed E-state index contributed by atoms with van der Waals surface area (Å²) in [6, 6.07) is 13.4. The molecule has 0 radical (unpaired) electrons. The molecule has 8 heteroatoms. The number of carbonyl (C=O) groups is 1. The van der Waals surface area contributed by atoms with E-state index in [0.717, 1.165) is 18.5 Å². The van der Waals surface area contributed by atoms with Gasteiger partial charge in [-0.2, -0.15) is 4.31 Å². The van der Waals surface area contributed by atoms with E-state index in [4.69, 9.17) is 0 Å². The molecule has 0 atom stereocenters. The lowest BCUT2D eigenvalue weighted by atomic mass is 10.1. The van der Waals surface area contributed by atoms with Crippen molar-refractivity contribution in [2.75, 3.05) is 44.2 Å². The molecular formula is C21H25N3O4S. The lowest BCUT2D eigenvalue weighted by Crippen LogP contribution is -2.48. The maximum Gasteiger partial charge on any atom is 0.254 e. The van der Waals surface area contributed by atoms with Gasteiger partial charge in [-0.05, 0) is 55.3 Å². The summed E-state index contributed by atoms with van der Waals surface area (Å²) < 4.78 is 27.1. The lowest BCUT2D eigenvalue weighted by Gasteiger charge is -2.36. The highest BCUT2D eigenvalue weighted by molar-refractivity contribution is 7.89. The number of hydrogen-bond donors (Lipinski definition) is 1. The van der Waals surface area contributed by atoms with Crippen LogP contribution in [0.2, 0.25) is 0 Å². The van der Waals surface area contributed by atoms with E-state index < -0.39 is 10.0 Å². The van der Waals surface area contributed by atoms with Gasteiger partial charge in [-0.1, -0.05) is 6.07 Å². The summed E-state index contributed by atoms with van der Waals surface area (Å²) in [5.41, 5.74) is 1.41. The first kappa shape index (κ1) is 19.7. The van der Waals surface area contributed by atoms with E-state index in [1.165, 1.54) is 10.4 Å². The van der Waals surface area contributed by atoms with Gasteiger partial charge in [-0.15, -0.1) is 0 Å². The Bertz CT molecular complexity index is 977. The summed E-state index contributed by atoms with van der Waals surface area (Å²) in [4.78, 5) is 17.1. The largest absolute Gasteiger partial charge is 0.508 e.